The molecule has 0 aliphatic carbocycles. The van der Waals surface area contributed by atoms with Crippen molar-refractivity contribution in [2.24, 2.45) is 0 Å². The van der Waals surface area contributed by atoms with Crippen LogP contribution in [0.25, 0.3) is 5.82 Å². The molecule has 18 heavy (non-hydrogen) atoms. The second-order valence-electron chi connectivity index (χ2n) is 3.61. The van der Waals surface area contributed by atoms with Crippen LogP contribution in [0, 0.1) is 0 Å². The van der Waals surface area contributed by atoms with Gasteiger partial charge in [0.05, 0.1) is 0 Å². The molecule has 0 aliphatic heterocycles. The van der Waals surface area contributed by atoms with E-state index in [0.717, 1.165) is 5.56 Å². The van der Waals surface area contributed by atoms with Gasteiger partial charge in [-0.1, -0.05) is 0 Å². The Morgan fingerprint density at radius 2 is 2.39 bits per heavy atom. The molecular formula is C11H13N5OS. The molecule has 0 saturated heterocycles. The average Bonchev–Trinajstić information content (AvgIpc) is 2.91. The molecule has 94 valence electrons. The van der Waals surface area contributed by atoms with Gasteiger partial charge in [-0.05, 0) is 23.4 Å². The van der Waals surface area contributed by atoms with Crippen molar-refractivity contribution in [3.05, 3.63) is 36.5 Å². The number of carbonyl (C=O) groups excluding carboxylic acids is 1. The van der Waals surface area contributed by atoms with Crippen LogP contribution in [0.1, 0.15) is 12.0 Å². The Balaban J connectivity index is 2.02. The van der Waals surface area contributed by atoms with E-state index in [9.17, 15) is 4.79 Å². The minimum atomic E-state index is -0.0101. The Kier molecular flexibility index (Phi) is 4.30. The van der Waals surface area contributed by atoms with Crippen molar-refractivity contribution < 1.29 is 4.79 Å². The summed E-state index contributed by atoms with van der Waals surface area (Å²) in [7, 11) is 0. The van der Waals surface area contributed by atoms with Crippen LogP contribution in [-0.4, -0.2) is 31.4 Å². The highest BCUT2D eigenvalue weighted by atomic mass is 32.1. The van der Waals surface area contributed by atoms with Gasteiger partial charge < -0.3 is 5.32 Å². The van der Waals surface area contributed by atoms with Crippen LogP contribution in [0.15, 0.2) is 31.0 Å². The molecule has 1 amide bonds. The number of hydrogen-bond acceptors (Lipinski definition) is 5. The number of aromatic nitrogens is 4. The summed E-state index contributed by atoms with van der Waals surface area (Å²) in [4.78, 5) is 19.4. The third-order valence-corrected chi connectivity index (χ3v) is 2.52. The maximum atomic E-state index is 11.3. The van der Waals surface area contributed by atoms with Gasteiger partial charge in [-0.15, -0.1) is 0 Å². The quantitative estimate of drug-likeness (QED) is 0.775. The Hall–Kier alpha value is -1.89. The molecule has 0 fully saturated rings. The number of rotatable bonds is 5. The first kappa shape index (κ1) is 12.6. The molecule has 1 N–H and O–H groups in total. The molecule has 2 aromatic rings. The molecule has 0 radical (unpaired) electrons. The number of nitrogens with one attached hydrogen (secondary N) is 1. The van der Waals surface area contributed by atoms with E-state index >= 15 is 0 Å². The zero-order valence-corrected chi connectivity index (χ0v) is 10.5. The van der Waals surface area contributed by atoms with Crippen LogP contribution in [-0.2, 0) is 11.3 Å². The van der Waals surface area contributed by atoms with E-state index in [0.29, 0.717) is 24.5 Å². The molecule has 0 unspecified atom stereocenters. The smallest absolute Gasteiger partial charge is 0.221 e. The van der Waals surface area contributed by atoms with Gasteiger partial charge in [0, 0.05) is 19.2 Å². The highest BCUT2D eigenvalue weighted by molar-refractivity contribution is 7.80. The number of pyridine rings is 1. The molecule has 7 heteroatoms. The minimum Gasteiger partial charge on any atom is -0.352 e. The van der Waals surface area contributed by atoms with E-state index < -0.39 is 0 Å². The fourth-order valence-electron chi connectivity index (χ4n) is 1.41. The summed E-state index contributed by atoms with van der Waals surface area (Å²) in [5.74, 6) is 1.21. The summed E-state index contributed by atoms with van der Waals surface area (Å²) >= 11 is 4.01. The van der Waals surface area contributed by atoms with Crippen LogP contribution in [0.3, 0.4) is 0 Å². The summed E-state index contributed by atoms with van der Waals surface area (Å²) in [6.07, 6.45) is 5.12. The van der Waals surface area contributed by atoms with Gasteiger partial charge in [0.25, 0.3) is 0 Å². The molecule has 0 aromatic carbocycles. The van der Waals surface area contributed by atoms with Gasteiger partial charge in [0.15, 0.2) is 5.82 Å². The van der Waals surface area contributed by atoms with Gasteiger partial charge >= 0.3 is 0 Å². The van der Waals surface area contributed by atoms with Crippen LogP contribution >= 0.6 is 12.6 Å². The standard InChI is InChI=1S/C11H13N5OS/c17-11(2-4-18)14-6-9-1-3-13-10(5-9)16-8-12-7-15-16/h1,3,5,7-8,18H,2,4,6H2,(H,14,17). The monoisotopic (exact) mass is 263 g/mol. The lowest BCUT2D eigenvalue weighted by Crippen LogP contribution is -2.22. The highest BCUT2D eigenvalue weighted by Crippen LogP contribution is 2.05. The third-order valence-electron chi connectivity index (χ3n) is 2.29. The lowest BCUT2D eigenvalue weighted by Gasteiger charge is -2.06. The zero-order chi connectivity index (χ0) is 12.8. The van der Waals surface area contributed by atoms with Gasteiger partial charge in [-0.3, -0.25) is 4.79 Å². The predicted octanol–water partition coefficient (Wildman–Crippen LogP) is 0.598. The molecule has 0 bridgehead atoms. The Morgan fingerprint density at radius 3 is 3.11 bits per heavy atom. The third kappa shape index (κ3) is 3.30. The van der Waals surface area contributed by atoms with Crippen molar-refractivity contribution in [1.29, 1.82) is 0 Å². The molecule has 0 saturated carbocycles. The first-order valence-electron chi connectivity index (χ1n) is 5.47. The minimum absolute atomic E-state index is 0.0101. The first-order chi connectivity index (χ1) is 8.79. The van der Waals surface area contributed by atoms with Crippen molar-refractivity contribution in [3.8, 4) is 5.82 Å². The molecular weight excluding hydrogens is 250 g/mol. The number of thiol groups is 1. The van der Waals surface area contributed by atoms with E-state index in [2.05, 4.69) is 33.0 Å². The van der Waals surface area contributed by atoms with E-state index in [1.54, 1.807) is 17.2 Å². The highest BCUT2D eigenvalue weighted by Gasteiger charge is 2.02. The summed E-state index contributed by atoms with van der Waals surface area (Å²) in [6, 6.07) is 3.71. The molecule has 2 heterocycles. The molecule has 0 aliphatic rings. The maximum absolute atomic E-state index is 11.3. The Bertz CT molecular complexity index is 514. The van der Waals surface area contributed by atoms with E-state index in [1.165, 1.54) is 6.33 Å². The van der Waals surface area contributed by atoms with Crippen molar-refractivity contribution in [2.45, 2.75) is 13.0 Å². The first-order valence-corrected chi connectivity index (χ1v) is 6.10. The van der Waals surface area contributed by atoms with E-state index in [-0.39, 0.29) is 5.91 Å². The molecule has 2 aromatic heterocycles. The van der Waals surface area contributed by atoms with Crippen LogP contribution in [0.4, 0.5) is 0 Å². The van der Waals surface area contributed by atoms with Crippen LogP contribution in [0.5, 0.6) is 0 Å². The van der Waals surface area contributed by atoms with Gasteiger partial charge in [-0.2, -0.15) is 17.7 Å². The van der Waals surface area contributed by atoms with Gasteiger partial charge in [0.1, 0.15) is 12.7 Å². The number of amides is 1. The van der Waals surface area contributed by atoms with Crippen molar-refractivity contribution in [3.63, 3.8) is 0 Å². The Labute approximate surface area is 110 Å². The fraction of sp³-hybridized carbons (Fsp3) is 0.273. The molecule has 0 spiro atoms. The number of carbonyl (C=O) groups is 1. The fourth-order valence-corrected chi connectivity index (χ4v) is 1.62. The molecule has 0 atom stereocenters. The second-order valence-corrected chi connectivity index (χ2v) is 4.06. The number of hydrogen-bond donors (Lipinski definition) is 2. The van der Waals surface area contributed by atoms with Gasteiger partial charge in [0.2, 0.25) is 5.91 Å². The summed E-state index contributed by atoms with van der Waals surface area (Å²) in [5, 5.41) is 6.81. The zero-order valence-electron chi connectivity index (χ0n) is 9.65. The Morgan fingerprint density at radius 1 is 1.50 bits per heavy atom. The summed E-state index contributed by atoms with van der Waals surface area (Å²) < 4.78 is 1.57. The van der Waals surface area contributed by atoms with E-state index in [4.69, 9.17) is 0 Å². The van der Waals surface area contributed by atoms with Crippen molar-refractivity contribution >= 4 is 18.5 Å². The lowest BCUT2D eigenvalue weighted by molar-refractivity contribution is -0.120. The largest absolute Gasteiger partial charge is 0.352 e. The summed E-state index contributed by atoms with van der Waals surface area (Å²) in [5.41, 5.74) is 0.961. The predicted molar refractivity (Wildman–Crippen MR) is 69.5 cm³/mol. The average molecular weight is 263 g/mol. The normalized spacial score (nSPS) is 10.3. The lowest BCUT2D eigenvalue weighted by atomic mass is 10.2. The van der Waals surface area contributed by atoms with Gasteiger partial charge in [-0.25, -0.2) is 14.6 Å². The molecule has 6 nitrogen and oxygen atoms in total. The summed E-state index contributed by atoms with van der Waals surface area (Å²) in [6.45, 7) is 0.469. The molecule has 2 rings (SSSR count). The van der Waals surface area contributed by atoms with Crippen LogP contribution in [0.2, 0.25) is 0 Å². The topological polar surface area (TPSA) is 72.7 Å². The SMILES string of the molecule is O=C(CCS)NCc1ccnc(-n2cncn2)c1. The second kappa shape index (κ2) is 6.15. The number of nitrogens with zero attached hydrogens (tertiary/aromatic N) is 4. The maximum Gasteiger partial charge on any atom is 0.221 e. The van der Waals surface area contributed by atoms with E-state index in [1.807, 2.05) is 12.1 Å². The van der Waals surface area contributed by atoms with Crippen molar-refractivity contribution in [1.82, 2.24) is 25.1 Å². The van der Waals surface area contributed by atoms with Crippen molar-refractivity contribution in [2.75, 3.05) is 5.75 Å². The van der Waals surface area contributed by atoms with Crippen LogP contribution < -0.4 is 5.32 Å².